The fourth-order valence-electron chi connectivity index (χ4n) is 2.53. The zero-order chi connectivity index (χ0) is 12.4. The first-order valence-corrected chi connectivity index (χ1v) is 6.97. The number of fused-ring (bicyclic) bond motifs is 1. The molecule has 3 rings (SSSR count). The molecule has 1 aliphatic carbocycles. The average Bonchev–Trinajstić information content (AvgIpc) is 3.08. The van der Waals surface area contributed by atoms with E-state index in [1.807, 2.05) is 12.1 Å². The zero-order valence-electron chi connectivity index (χ0n) is 10.9. The molecule has 0 radical (unpaired) electrons. The molecule has 1 aliphatic heterocycles. The molecule has 0 amide bonds. The third-order valence-corrected chi connectivity index (χ3v) is 3.87. The maximum atomic E-state index is 5.53. The fourth-order valence-corrected chi connectivity index (χ4v) is 2.53. The Morgan fingerprint density at radius 3 is 3.00 bits per heavy atom. The summed E-state index contributed by atoms with van der Waals surface area (Å²) >= 11 is 0. The van der Waals surface area contributed by atoms with Crippen LogP contribution in [0.5, 0.6) is 11.5 Å². The Bertz CT molecular complexity index is 415. The standard InChI is InChI=1S/C15H21NO2/c1-2-13(8-11-6-7-11)16-9-12-4-3-5-14-15(12)18-10-17-14/h3-5,11,13,16H,2,6-10H2,1H3. The lowest BCUT2D eigenvalue weighted by atomic mass is 10.1. The van der Waals surface area contributed by atoms with Crippen molar-refractivity contribution in [2.45, 2.75) is 45.2 Å². The number of rotatable bonds is 6. The molecule has 18 heavy (non-hydrogen) atoms. The van der Waals surface area contributed by atoms with Crippen molar-refractivity contribution in [2.24, 2.45) is 5.92 Å². The highest BCUT2D eigenvalue weighted by Crippen LogP contribution is 2.36. The molecular weight excluding hydrogens is 226 g/mol. The predicted octanol–water partition coefficient (Wildman–Crippen LogP) is 3.08. The molecule has 2 aliphatic rings. The number of hydrogen-bond donors (Lipinski definition) is 1. The summed E-state index contributed by atoms with van der Waals surface area (Å²) in [7, 11) is 0. The second-order valence-electron chi connectivity index (χ2n) is 5.32. The van der Waals surface area contributed by atoms with Crippen molar-refractivity contribution in [1.29, 1.82) is 0 Å². The Hall–Kier alpha value is -1.22. The highest BCUT2D eigenvalue weighted by molar-refractivity contribution is 5.48. The second kappa shape index (κ2) is 5.19. The van der Waals surface area contributed by atoms with E-state index in [9.17, 15) is 0 Å². The normalized spacial score (nSPS) is 18.9. The van der Waals surface area contributed by atoms with E-state index in [1.165, 1.54) is 31.2 Å². The largest absolute Gasteiger partial charge is 0.454 e. The van der Waals surface area contributed by atoms with Crippen LogP contribution in [0.15, 0.2) is 18.2 Å². The molecular formula is C15H21NO2. The van der Waals surface area contributed by atoms with Crippen LogP contribution in [0, 0.1) is 5.92 Å². The molecule has 1 N–H and O–H groups in total. The van der Waals surface area contributed by atoms with Crippen molar-refractivity contribution >= 4 is 0 Å². The van der Waals surface area contributed by atoms with Crippen LogP contribution in [0.3, 0.4) is 0 Å². The molecule has 1 saturated carbocycles. The molecule has 1 unspecified atom stereocenters. The van der Waals surface area contributed by atoms with Gasteiger partial charge in [-0.05, 0) is 24.8 Å². The number of ether oxygens (including phenoxy) is 2. The number of benzene rings is 1. The van der Waals surface area contributed by atoms with E-state index in [0.29, 0.717) is 12.8 Å². The minimum atomic E-state index is 0.353. The Labute approximate surface area is 108 Å². The summed E-state index contributed by atoms with van der Waals surface area (Å²) in [5.74, 6) is 2.78. The fraction of sp³-hybridized carbons (Fsp3) is 0.600. The van der Waals surface area contributed by atoms with Crippen LogP contribution in [-0.4, -0.2) is 12.8 Å². The topological polar surface area (TPSA) is 30.5 Å². The van der Waals surface area contributed by atoms with Gasteiger partial charge in [0.15, 0.2) is 11.5 Å². The van der Waals surface area contributed by atoms with E-state index in [0.717, 1.165) is 24.0 Å². The van der Waals surface area contributed by atoms with Crippen molar-refractivity contribution < 1.29 is 9.47 Å². The van der Waals surface area contributed by atoms with E-state index in [-0.39, 0.29) is 0 Å². The maximum absolute atomic E-state index is 5.53. The highest BCUT2D eigenvalue weighted by Gasteiger charge is 2.25. The first kappa shape index (κ1) is 11.8. The van der Waals surface area contributed by atoms with Crippen LogP contribution in [0.1, 0.15) is 38.2 Å². The number of nitrogens with one attached hydrogen (secondary N) is 1. The Morgan fingerprint density at radius 1 is 1.33 bits per heavy atom. The lowest BCUT2D eigenvalue weighted by molar-refractivity contribution is 0.173. The minimum Gasteiger partial charge on any atom is -0.454 e. The smallest absolute Gasteiger partial charge is 0.231 e. The molecule has 98 valence electrons. The SMILES string of the molecule is CCC(CC1CC1)NCc1cccc2c1OCO2. The van der Waals surface area contributed by atoms with E-state index in [4.69, 9.17) is 9.47 Å². The van der Waals surface area contributed by atoms with Crippen LogP contribution in [0.25, 0.3) is 0 Å². The minimum absolute atomic E-state index is 0.353. The van der Waals surface area contributed by atoms with Gasteiger partial charge in [0.2, 0.25) is 6.79 Å². The van der Waals surface area contributed by atoms with Gasteiger partial charge in [0, 0.05) is 18.2 Å². The van der Waals surface area contributed by atoms with Gasteiger partial charge in [-0.2, -0.15) is 0 Å². The molecule has 1 aromatic carbocycles. The maximum Gasteiger partial charge on any atom is 0.231 e. The summed E-state index contributed by atoms with van der Waals surface area (Å²) in [5.41, 5.74) is 1.21. The van der Waals surface area contributed by atoms with Crippen LogP contribution in [0.4, 0.5) is 0 Å². The number of hydrogen-bond acceptors (Lipinski definition) is 3. The van der Waals surface area contributed by atoms with E-state index >= 15 is 0 Å². The predicted molar refractivity (Wildman–Crippen MR) is 70.8 cm³/mol. The second-order valence-corrected chi connectivity index (χ2v) is 5.32. The van der Waals surface area contributed by atoms with E-state index in [1.54, 1.807) is 0 Å². The van der Waals surface area contributed by atoms with Gasteiger partial charge in [-0.25, -0.2) is 0 Å². The lowest BCUT2D eigenvalue weighted by Gasteiger charge is -2.17. The summed E-state index contributed by atoms with van der Waals surface area (Å²) in [6.45, 7) is 3.48. The van der Waals surface area contributed by atoms with Crippen molar-refractivity contribution in [3.63, 3.8) is 0 Å². The first-order chi connectivity index (χ1) is 8.86. The van der Waals surface area contributed by atoms with Crippen molar-refractivity contribution in [3.05, 3.63) is 23.8 Å². The van der Waals surface area contributed by atoms with Crippen molar-refractivity contribution in [1.82, 2.24) is 5.32 Å². The van der Waals surface area contributed by atoms with Gasteiger partial charge in [-0.15, -0.1) is 0 Å². The molecule has 0 bridgehead atoms. The monoisotopic (exact) mass is 247 g/mol. The summed E-state index contributed by atoms with van der Waals surface area (Å²) in [4.78, 5) is 0. The van der Waals surface area contributed by atoms with Crippen LogP contribution >= 0.6 is 0 Å². The average molecular weight is 247 g/mol. The summed E-state index contributed by atoms with van der Waals surface area (Å²) < 4.78 is 10.9. The van der Waals surface area contributed by atoms with Crippen LogP contribution in [-0.2, 0) is 6.54 Å². The van der Waals surface area contributed by atoms with Crippen LogP contribution < -0.4 is 14.8 Å². The molecule has 0 aromatic heterocycles. The zero-order valence-corrected chi connectivity index (χ0v) is 10.9. The molecule has 1 aromatic rings. The third kappa shape index (κ3) is 2.61. The number of para-hydroxylation sites is 1. The first-order valence-electron chi connectivity index (χ1n) is 6.97. The van der Waals surface area contributed by atoms with Gasteiger partial charge >= 0.3 is 0 Å². The Kier molecular flexibility index (Phi) is 3.41. The van der Waals surface area contributed by atoms with Gasteiger partial charge in [-0.3, -0.25) is 0 Å². The highest BCUT2D eigenvalue weighted by atomic mass is 16.7. The molecule has 1 fully saturated rings. The van der Waals surface area contributed by atoms with Gasteiger partial charge in [0.25, 0.3) is 0 Å². The van der Waals surface area contributed by atoms with Gasteiger partial charge in [-0.1, -0.05) is 31.9 Å². The molecule has 0 saturated heterocycles. The molecule has 0 spiro atoms. The summed E-state index contributed by atoms with van der Waals surface area (Å²) in [6.07, 6.45) is 5.37. The van der Waals surface area contributed by atoms with Gasteiger partial charge in [0.1, 0.15) is 0 Å². The van der Waals surface area contributed by atoms with Gasteiger partial charge in [0.05, 0.1) is 0 Å². The Balaban J connectivity index is 1.60. The van der Waals surface area contributed by atoms with Gasteiger partial charge < -0.3 is 14.8 Å². The van der Waals surface area contributed by atoms with E-state index in [2.05, 4.69) is 18.3 Å². The summed E-state index contributed by atoms with van der Waals surface area (Å²) in [6, 6.07) is 6.75. The molecule has 3 nitrogen and oxygen atoms in total. The molecule has 1 heterocycles. The summed E-state index contributed by atoms with van der Waals surface area (Å²) in [5, 5.41) is 3.65. The lowest BCUT2D eigenvalue weighted by Crippen LogP contribution is -2.28. The van der Waals surface area contributed by atoms with Crippen molar-refractivity contribution in [3.8, 4) is 11.5 Å². The van der Waals surface area contributed by atoms with Crippen molar-refractivity contribution in [2.75, 3.05) is 6.79 Å². The molecule has 1 atom stereocenters. The quantitative estimate of drug-likeness (QED) is 0.838. The Morgan fingerprint density at radius 2 is 2.22 bits per heavy atom. The van der Waals surface area contributed by atoms with E-state index < -0.39 is 0 Å². The third-order valence-electron chi connectivity index (χ3n) is 3.87. The molecule has 3 heteroatoms. The van der Waals surface area contributed by atoms with Crippen LogP contribution in [0.2, 0.25) is 0 Å².